The van der Waals surface area contributed by atoms with Gasteiger partial charge in [-0.2, -0.15) is 35.1 Å². The highest BCUT2D eigenvalue weighted by Crippen LogP contribution is 2.54. The van der Waals surface area contributed by atoms with E-state index in [-0.39, 0.29) is 15.7 Å². The Labute approximate surface area is 214 Å². The summed E-state index contributed by atoms with van der Waals surface area (Å²) < 4.78 is 113. The molecule has 0 radical (unpaired) electrons. The van der Waals surface area contributed by atoms with Gasteiger partial charge in [0.05, 0.1) is 6.61 Å². The SMILES string of the molecule is CN1NC(C(=O)NOCc2ccccc2)(C(F)(F)C(F)(F)F)C(C(F)(F)F)=C1C(=O)Nc1ccc(Cl)cc1. The van der Waals surface area contributed by atoms with Crippen LogP contribution in [0.5, 0.6) is 0 Å². The van der Waals surface area contributed by atoms with Gasteiger partial charge in [-0.3, -0.25) is 14.4 Å². The fourth-order valence-electron chi connectivity index (χ4n) is 3.63. The van der Waals surface area contributed by atoms with Gasteiger partial charge >= 0.3 is 18.3 Å². The van der Waals surface area contributed by atoms with Crippen LogP contribution in [0.1, 0.15) is 5.56 Å². The maximum absolute atomic E-state index is 14.9. The fourth-order valence-corrected chi connectivity index (χ4v) is 3.75. The topological polar surface area (TPSA) is 82.7 Å². The van der Waals surface area contributed by atoms with E-state index in [2.05, 4.69) is 4.84 Å². The molecule has 38 heavy (non-hydrogen) atoms. The quantitative estimate of drug-likeness (QED) is 0.330. The lowest BCUT2D eigenvalue weighted by Gasteiger charge is -2.38. The Morgan fingerprint density at radius 1 is 0.974 bits per heavy atom. The molecule has 0 spiro atoms. The summed E-state index contributed by atoms with van der Waals surface area (Å²) in [4.78, 5) is 30.3. The highest BCUT2D eigenvalue weighted by Gasteiger charge is 2.81. The Hall–Kier alpha value is -3.43. The second kappa shape index (κ2) is 10.4. The Kier molecular flexibility index (Phi) is 7.96. The van der Waals surface area contributed by atoms with E-state index < -0.39 is 53.5 Å². The Bertz CT molecular complexity index is 1220. The largest absolute Gasteiger partial charge is 0.456 e. The summed E-state index contributed by atoms with van der Waals surface area (Å²) in [5.41, 5.74) is -6.78. The molecule has 1 aliphatic rings. The molecule has 2 aromatic rings. The predicted molar refractivity (Wildman–Crippen MR) is 117 cm³/mol. The molecule has 1 atom stereocenters. The van der Waals surface area contributed by atoms with E-state index in [1.54, 1.807) is 6.07 Å². The Morgan fingerprint density at radius 2 is 1.55 bits per heavy atom. The second-order valence-corrected chi connectivity index (χ2v) is 8.32. The van der Waals surface area contributed by atoms with Gasteiger partial charge in [0.25, 0.3) is 11.8 Å². The number of nitrogens with zero attached hydrogens (tertiary/aromatic N) is 1. The van der Waals surface area contributed by atoms with Gasteiger partial charge in [-0.15, -0.1) is 0 Å². The molecule has 0 saturated carbocycles. The average molecular weight is 573 g/mol. The first-order valence-electron chi connectivity index (χ1n) is 10.3. The van der Waals surface area contributed by atoms with E-state index in [4.69, 9.17) is 11.6 Å². The first-order chi connectivity index (χ1) is 17.5. The fraction of sp³-hybridized carbons (Fsp3) is 0.273. The molecule has 16 heteroatoms. The van der Waals surface area contributed by atoms with Crippen LogP contribution < -0.4 is 16.2 Å². The number of carbonyl (C=O) groups excluding carboxylic acids is 2. The predicted octanol–water partition coefficient (Wildman–Crippen LogP) is 4.73. The van der Waals surface area contributed by atoms with Gasteiger partial charge in [0.15, 0.2) is 0 Å². The number of amides is 2. The molecule has 2 aromatic carbocycles. The number of benzene rings is 2. The molecule has 1 aliphatic heterocycles. The summed E-state index contributed by atoms with van der Waals surface area (Å²) in [5, 5.41) is 2.09. The molecule has 0 aromatic heterocycles. The van der Waals surface area contributed by atoms with Crippen molar-refractivity contribution in [3.8, 4) is 0 Å². The number of rotatable bonds is 7. The van der Waals surface area contributed by atoms with Crippen molar-refractivity contribution < 1.29 is 49.5 Å². The van der Waals surface area contributed by atoms with Gasteiger partial charge in [0, 0.05) is 17.8 Å². The van der Waals surface area contributed by atoms with Gasteiger partial charge in [0.1, 0.15) is 11.3 Å². The van der Waals surface area contributed by atoms with Crippen LogP contribution in [0, 0.1) is 0 Å². The number of likely N-dealkylation sites (N-methyl/N-ethyl adjacent to an activating group) is 1. The van der Waals surface area contributed by atoms with Crippen molar-refractivity contribution >= 4 is 29.1 Å². The number of carbonyl (C=O) groups is 2. The monoisotopic (exact) mass is 572 g/mol. The maximum Gasteiger partial charge on any atom is 0.456 e. The zero-order chi connectivity index (χ0) is 28.5. The summed E-state index contributed by atoms with van der Waals surface area (Å²) in [6, 6.07) is 12.2. The van der Waals surface area contributed by atoms with Crippen molar-refractivity contribution in [3.63, 3.8) is 0 Å². The number of anilines is 1. The summed E-state index contributed by atoms with van der Waals surface area (Å²) in [6.07, 6.45) is -12.7. The number of alkyl halides is 8. The molecular weight excluding hydrogens is 556 g/mol. The summed E-state index contributed by atoms with van der Waals surface area (Å²) >= 11 is 5.69. The van der Waals surface area contributed by atoms with Crippen molar-refractivity contribution in [2.45, 2.75) is 30.4 Å². The molecule has 0 saturated heterocycles. The van der Waals surface area contributed by atoms with Gasteiger partial charge < -0.3 is 10.3 Å². The lowest BCUT2D eigenvalue weighted by molar-refractivity contribution is -0.308. The van der Waals surface area contributed by atoms with Crippen LogP contribution in [0.15, 0.2) is 65.9 Å². The zero-order valence-corrected chi connectivity index (χ0v) is 19.7. The minimum absolute atomic E-state index is 0.0372. The van der Waals surface area contributed by atoms with Gasteiger partial charge in [-0.1, -0.05) is 41.9 Å². The van der Waals surface area contributed by atoms with E-state index in [9.17, 15) is 44.7 Å². The van der Waals surface area contributed by atoms with E-state index in [1.165, 1.54) is 47.3 Å². The highest BCUT2D eigenvalue weighted by molar-refractivity contribution is 6.30. The molecule has 1 unspecified atom stereocenters. The summed E-state index contributed by atoms with van der Waals surface area (Å²) in [7, 11) is 0.564. The Balaban J connectivity index is 2.12. The van der Waals surface area contributed by atoms with Crippen LogP contribution in [-0.2, 0) is 21.0 Å². The number of hydrogen-bond donors (Lipinski definition) is 3. The number of halogens is 9. The highest BCUT2D eigenvalue weighted by atomic mass is 35.5. The van der Waals surface area contributed by atoms with Gasteiger partial charge in [-0.25, -0.2) is 10.9 Å². The summed E-state index contributed by atoms with van der Waals surface area (Å²) in [5.74, 6) is -10.7. The van der Waals surface area contributed by atoms with E-state index in [0.29, 0.717) is 12.6 Å². The van der Waals surface area contributed by atoms with Gasteiger partial charge in [-0.05, 0) is 29.8 Å². The molecule has 1 heterocycles. The number of nitrogens with one attached hydrogen (secondary N) is 3. The molecule has 0 aliphatic carbocycles. The molecule has 7 nitrogen and oxygen atoms in total. The number of hydrazine groups is 1. The van der Waals surface area contributed by atoms with Crippen molar-refractivity contribution in [2.24, 2.45) is 0 Å². The lowest BCUT2D eigenvalue weighted by atomic mass is 9.81. The zero-order valence-electron chi connectivity index (χ0n) is 19.0. The van der Waals surface area contributed by atoms with Crippen LogP contribution in [0.2, 0.25) is 5.02 Å². The van der Waals surface area contributed by atoms with E-state index in [1.807, 2.05) is 5.32 Å². The first kappa shape index (κ1) is 29.1. The van der Waals surface area contributed by atoms with E-state index >= 15 is 0 Å². The van der Waals surface area contributed by atoms with Crippen LogP contribution in [-0.4, -0.2) is 47.7 Å². The smallest absolute Gasteiger partial charge is 0.321 e. The second-order valence-electron chi connectivity index (χ2n) is 7.88. The molecule has 206 valence electrons. The Morgan fingerprint density at radius 3 is 2.08 bits per heavy atom. The minimum Gasteiger partial charge on any atom is -0.321 e. The van der Waals surface area contributed by atoms with Crippen LogP contribution in [0.3, 0.4) is 0 Å². The third-order valence-electron chi connectivity index (χ3n) is 5.30. The maximum atomic E-state index is 14.9. The van der Waals surface area contributed by atoms with Crippen molar-refractivity contribution in [1.29, 1.82) is 0 Å². The van der Waals surface area contributed by atoms with Gasteiger partial charge in [0.2, 0.25) is 5.54 Å². The van der Waals surface area contributed by atoms with Crippen molar-refractivity contribution in [1.82, 2.24) is 15.9 Å². The molecule has 3 rings (SSSR count). The molecule has 0 fully saturated rings. The number of hydroxylamine groups is 1. The normalized spacial score (nSPS) is 18.5. The van der Waals surface area contributed by atoms with E-state index in [0.717, 1.165) is 12.1 Å². The van der Waals surface area contributed by atoms with Crippen molar-refractivity contribution in [3.05, 3.63) is 76.5 Å². The van der Waals surface area contributed by atoms with Crippen LogP contribution in [0.25, 0.3) is 0 Å². The third-order valence-corrected chi connectivity index (χ3v) is 5.55. The molecule has 3 N–H and O–H groups in total. The molecular formula is C22H17ClF8N4O3. The average Bonchev–Trinajstić information content (AvgIpc) is 3.15. The summed E-state index contributed by atoms with van der Waals surface area (Å²) in [6.45, 7) is -0.592. The van der Waals surface area contributed by atoms with Crippen molar-refractivity contribution in [2.75, 3.05) is 12.4 Å². The third kappa shape index (κ3) is 5.39. The van der Waals surface area contributed by atoms with Crippen LogP contribution in [0.4, 0.5) is 40.8 Å². The molecule has 2 amide bonds. The number of hydrogen-bond acceptors (Lipinski definition) is 5. The molecule has 0 bridgehead atoms. The minimum atomic E-state index is -6.68. The first-order valence-corrected chi connectivity index (χ1v) is 10.7. The van der Waals surface area contributed by atoms with Crippen LogP contribution >= 0.6 is 11.6 Å². The lowest BCUT2D eigenvalue weighted by Crippen LogP contribution is -2.73. The standard InChI is InChI=1S/C22H17ClF8N4O3/c1-35-15(17(36)32-14-9-7-13(23)8-10-14)16(20(24,25)26)19(34-35,21(27,28)22(29,30)31)18(37)33-38-11-12-5-3-2-4-6-12/h2-10,34H,11H2,1H3,(H,32,36)(H,33,37).